The van der Waals surface area contributed by atoms with Crippen molar-refractivity contribution in [1.29, 1.82) is 0 Å². The number of ether oxygens (including phenoxy) is 1. The van der Waals surface area contributed by atoms with E-state index in [9.17, 15) is 14.9 Å². The first-order valence-electron chi connectivity index (χ1n) is 6.15. The highest BCUT2D eigenvalue weighted by molar-refractivity contribution is 5.77. The van der Waals surface area contributed by atoms with Crippen molar-refractivity contribution in [3.8, 4) is 5.75 Å². The van der Waals surface area contributed by atoms with Crippen LogP contribution in [0.1, 0.15) is 25.3 Å². The molecule has 1 unspecified atom stereocenters. The van der Waals surface area contributed by atoms with Crippen LogP contribution in [-0.4, -0.2) is 28.1 Å². The number of nitrogens with two attached hydrogens (primary N) is 1. The summed E-state index contributed by atoms with van der Waals surface area (Å²) in [5.74, 6) is -0.641. The highest BCUT2D eigenvalue weighted by Gasteiger charge is 2.27. The Labute approximate surface area is 116 Å². The molecule has 0 saturated carbocycles. The van der Waals surface area contributed by atoms with Gasteiger partial charge in [0.1, 0.15) is 11.3 Å². The quantitative estimate of drug-likeness (QED) is 0.448. The van der Waals surface area contributed by atoms with Crippen molar-refractivity contribution in [2.24, 2.45) is 5.73 Å². The van der Waals surface area contributed by atoms with Crippen LogP contribution in [0.5, 0.6) is 5.75 Å². The minimum Gasteiger partial charge on any atom is -0.493 e. The Balaban J connectivity index is 2.57. The number of hydrogen-bond donors (Lipinski definition) is 2. The van der Waals surface area contributed by atoms with Gasteiger partial charge in [-0.1, -0.05) is 6.07 Å². The van der Waals surface area contributed by atoms with Gasteiger partial charge in [-0.2, -0.15) is 0 Å². The van der Waals surface area contributed by atoms with Crippen molar-refractivity contribution in [2.45, 2.75) is 32.2 Å². The summed E-state index contributed by atoms with van der Waals surface area (Å²) < 4.78 is 5.45. The van der Waals surface area contributed by atoms with E-state index in [0.717, 1.165) is 0 Å². The Hall–Kier alpha value is -2.15. The molecule has 1 aromatic rings. The molecular weight excluding hydrogens is 264 g/mol. The van der Waals surface area contributed by atoms with Gasteiger partial charge >= 0.3 is 5.97 Å². The van der Waals surface area contributed by atoms with Crippen LogP contribution in [-0.2, 0) is 4.79 Å². The molecule has 0 radical (unpaired) electrons. The average molecular weight is 282 g/mol. The first-order chi connectivity index (χ1) is 9.25. The zero-order chi connectivity index (χ0) is 15.3. The van der Waals surface area contributed by atoms with Crippen molar-refractivity contribution < 1.29 is 19.6 Å². The van der Waals surface area contributed by atoms with Crippen LogP contribution in [0.4, 0.5) is 5.69 Å². The van der Waals surface area contributed by atoms with E-state index in [4.69, 9.17) is 15.6 Å². The molecule has 0 heterocycles. The molecule has 0 aromatic heterocycles. The lowest BCUT2D eigenvalue weighted by atomic mass is 9.98. The zero-order valence-corrected chi connectivity index (χ0v) is 11.5. The van der Waals surface area contributed by atoms with E-state index >= 15 is 0 Å². The maximum atomic E-state index is 10.8. The van der Waals surface area contributed by atoms with Gasteiger partial charge in [-0.05, 0) is 32.8 Å². The Bertz CT molecular complexity index is 513. The Morgan fingerprint density at radius 3 is 2.75 bits per heavy atom. The molecule has 0 bridgehead atoms. The molecule has 0 fully saturated rings. The van der Waals surface area contributed by atoms with Gasteiger partial charge in [-0.25, -0.2) is 0 Å². The van der Waals surface area contributed by atoms with Crippen LogP contribution in [0.25, 0.3) is 0 Å². The van der Waals surface area contributed by atoms with Crippen LogP contribution in [0, 0.1) is 17.0 Å². The fourth-order valence-electron chi connectivity index (χ4n) is 1.69. The lowest BCUT2D eigenvalue weighted by Gasteiger charge is -2.18. The molecule has 0 spiro atoms. The van der Waals surface area contributed by atoms with E-state index in [-0.39, 0.29) is 18.7 Å². The molecule has 1 aromatic carbocycles. The molecule has 0 aliphatic carbocycles. The summed E-state index contributed by atoms with van der Waals surface area (Å²) in [5, 5.41) is 19.6. The standard InChI is InChI=1S/C13H18N2O5/c1-9-10(15(18)19)5-3-6-11(9)20-8-4-7-13(2,14)12(16)17/h3,5-6H,4,7-8,14H2,1-2H3,(H,16,17). The molecule has 0 aliphatic rings. The summed E-state index contributed by atoms with van der Waals surface area (Å²) in [6.07, 6.45) is 0.706. The van der Waals surface area contributed by atoms with Gasteiger partial charge in [-0.3, -0.25) is 14.9 Å². The number of aliphatic carboxylic acids is 1. The van der Waals surface area contributed by atoms with Crippen molar-refractivity contribution in [3.05, 3.63) is 33.9 Å². The number of hydrogen-bond acceptors (Lipinski definition) is 5. The van der Waals surface area contributed by atoms with Gasteiger partial charge < -0.3 is 15.6 Å². The van der Waals surface area contributed by atoms with E-state index in [2.05, 4.69) is 0 Å². The van der Waals surface area contributed by atoms with Crippen molar-refractivity contribution in [1.82, 2.24) is 0 Å². The molecule has 1 rings (SSSR count). The summed E-state index contributed by atoms with van der Waals surface area (Å²) in [6, 6.07) is 4.59. The monoisotopic (exact) mass is 282 g/mol. The number of carbonyl (C=O) groups is 1. The fraction of sp³-hybridized carbons (Fsp3) is 0.462. The normalized spacial score (nSPS) is 13.6. The summed E-state index contributed by atoms with van der Waals surface area (Å²) in [5.41, 5.74) is 4.74. The highest BCUT2D eigenvalue weighted by Crippen LogP contribution is 2.27. The van der Waals surface area contributed by atoms with Gasteiger partial charge in [0.05, 0.1) is 17.1 Å². The maximum absolute atomic E-state index is 10.8. The van der Waals surface area contributed by atoms with Crippen LogP contribution in [0.2, 0.25) is 0 Å². The van der Waals surface area contributed by atoms with E-state index in [0.29, 0.717) is 17.7 Å². The number of rotatable bonds is 7. The van der Waals surface area contributed by atoms with Crippen LogP contribution in [0.3, 0.4) is 0 Å². The zero-order valence-electron chi connectivity index (χ0n) is 11.5. The fourth-order valence-corrected chi connectivity index (χ4v) is 1.69. The Morgan fingerprint density at radius 1 is 1.55 bits per heavy atom. The van der Waals surface area contributed by atoms with E-state index < -0.39 is 16.4 Å². The summed E-state index contributed by atoms with van der Waals surface area (Å²) in [7, 11) is 0. The smallest absolute Gasteiger partial charge is 0.323 e. The number of carboxylic acids is 1. The molecule has 0 amide bonds. The van der Waals surface area contributed by atoms with E-state index in [1.54, 1.807) is 19.1 Å². The topological polar surface area (TPSA) is 116 Å². The predicted octanol–water partition coefficient (Wildman–Crippen LogP) is 1.86. The minimum absolute atomic E-state index is 0.00306. The van der Waals surface area contributed by atoms with Gasteiger partial charge in [0.25, 0.3) is 5.69 Å². The van der Waals surface area contributed by atoms with Crippen molar-refractivity contribution >= 4 is 11.7 Å². The third kappa shape index (κ3) is 3.92. The highest BCUT2D eigenvalue weighted by atomic mass is 16.6. The molecule has 1 atom stereocenters. The summed E-state index contributed by atoms with van der Waals surface area (Å²) in [6.45, 7) is 3.30. The maximum Gasteiger partial charge on any atom is 0.323 e. The van der Waals surface area contributed by atoms with Gasteiger partial charge in [-0.15, -0.1) is 0 Å². The summed E-state index contributed by atoms with van der Waals surface area (Å²) >= 11 is 0. The predicted molar refractivity (Wildman–Crippen MR) is 72.8 cm³/mol. The van der Waals surface area contributed by atoms with Gasteiger partial charge in [0, 0.05) is 6.07 Å². The second-order valence-electron chi connectivity index (χ2n) is 4.83. The largest absolute Gasteiger partial charge is 0.493 e. The average Bonchev–Trinajstić information content (AvgIpc) is 2.35. The summed E-state index contributed by atoms with van der Waals surface area (Å²) in [4.78, 5) is 21.1. The second kappa shape index (κ2) is 6.33. The molecule has 7 nitrogen and oxygen atoms in total. The lowest BCUT2D eigenvalue weighted by molar-refractivity contribution is -0.385. The molecule has 20 heavy (non-hydrogen) atoms. The van der Waals surface area contributed by atoms with E-state index in [1.807, 2.05) is 0 Å². The number of nitrogens with zero attached hydrogens (tertiary/aromatic N) is 1. The van der Waals surface area contributed by atoms with Crippen LogP contribution >= 0.6 is 0 Å². The second-order valence-corrected chi connectivity index (χ2v) is 4.83. The first kappa shape index (κ1) is 15.9. The lowest BCUT2D eigenvalue weighted by Crippen LogP contribution is -2.44. The molecular formula is C13H18N2O5. The minimum atomic E-state index is -1.29. The Kier molecular flexibility index (Phi) is 5.04. The van der Waals surface area contributed by atoms with Crippen LogP contribution < -0.4 is 10.5 Å². The Morgan fingerprint density at radius 2 is 2.20 bits per heavy atom. The van der Waals surface area contributed by atoms with Crippen molar-refractivity contribution in [3.63, 3.8) is 0 Å². The van der Waals surface area contributed by atoms with Gasteiger partial charge in [0.15, 0.2) is 0 Å². The molecule has 7 heteroatoms. The number of nitro benzene ring substituents is 1. The molecule has 0 aliphatic heterocycles. The molecule has 0 saturated heterocycles. The third-order valence-electron chi connectivity index (χ3n) is 3.04. The van der Waals surface area contributed by atoms with E-state index in [1.165, 1.54) is 13.0 Å². The van der Waals surface area contributed by atoms with Gasteiger partial charge in [0.2, 0.25) is 0 Å². The number of nitro groups is 1. The third-order valence-corrected chi connectivity index (χ3v) is 3.04. The molecule has 110 valence electrons. The van der Waals surface area contributed by atoms with Crippen LogP contribution in [0.15, 0.2) is 18.2 Å². The number of benzene rings is 1. The first-order valence-corrected chi connectivity index (χ1v) is 6.15. The SMILES string of the molecule is Cc1c(OCCCC(C)(N)C(=O)O)cccc1[N+](=O)[O-]. The molecule has 3 N–H and O–H groups in total. The van der Waals surface area contributed by atoms with Crippen molar-refractivity contribution in [2.75, 3.05) is 6.61 Å². The number of carboxylic acid groups (broad SMARTS) is 1.